The van der Waals surface area contributed by atoms with Crippen molar-refractivity contribution in [3.63, 3.8) is 0 Å². The van der Waals surface area contributed by atoms with Crippen molar-refractivity contribution < 1.29 is 22.0 Å². The summed E-state index contributed by atoms with van der Waals surface area (Å²) in [5.41, 5.74) is 0. The fourth-order valence-electron chi connectivity index (χ4n) is 1.15. The molecule has 1 heterocycles. The van der Waals surface area contributed by atoms with Gasteiger partial charge >= 0.3 is 0 Å². The number of hydrogen-bond acceptors (Lipinski definition) is 4. The van der Waals surface area contributed by atoms with Gasteiger partial charge in [0.25, 0.3) is 11.8 Å². The second-order valence-corrected chi connectivity index (χ2v) is 4.98. The first kappa shape index (κ1) is 11.3. The van der Waals surface area contributed by atoms with Gasteiger partial charge < -0.3 is 0 Å². The molecule has 0 aromatic rings. The summed E-state index contributed by atoms with van der Waals surface area (Å²) >= 11 is 0. The Morgan fingerprint density at radius 1 is 1.57 bits per heavy atom. The van der Waals surface area contributed by atoms with Crippen LogP contribution in [0.5, 0.6) is 0 Å². The summed E-state index contributed by atoms with van der Waals surface area (Å²) in [7, 11) is -3.68. The number of halogens is 2. The molecule has 1 rings (SSSR count). The van der Waals surface area contributed by atoms with Gasteiger partial charge in [0.2, 0.25) is 10.0 Å². The van der Waals surface area contributed by atoms with Gasteiger partial charge in [0.1, 0.15) is 0 Å². The van der Waals surface area contributed by atoms with Crippen molar-refractivity contribution in [3.05, 3.63) is 0 Å². The minimum atomic E-state index is -3.68. The highest BCUT2D eigenvalue weighted by Gasteiger charge is 2.42. The zero-order chi connectivity index (χ0) is 11.0. The Bertz CT molecular complexity index is 341. The summed E-state index contributed by atoms with van der Waals surface area (Å²) in [5.74, 6) is -3.89. The van der Waals surface area contributed by atoms with Crippen molar-refractivity contribution in [1.82, 2.24) is 10.0 Å². The number of sulfonamides is 1. The Morgan fingerprint density at radius 3 is 2.50 bits per heavy atom. The predicted octanol–water partition coefficient (Wildman–Crippen LogP) is -0.941. The third kappa shape index (κ3) is 3.18. The third-order valence-corrected chi connectivity index (χ3v) is 2.28. The van der Waals surface area contributed by atoms with Crippen LogP contribution in [0.15, 0.2) is 0 Å². The molecule has 0 aromatic heterocycles. The SMILES string of the molecule is CS(=O)(=O)NC(=O)C1CC(F)(F)CN1. The zero-order valence-corrected chi connectivity index (χ0v) is 8.20. The van der Waals surface area contributed by atoms with E-state index in [9.17, 15) is 22.0 Å². The van der Waals surface area contributed by atoms with Gasteiger partial charge in [-0.25, -0.2) is 17.2 Å². The molecule has 5 nitrogen and oxygen atoms in total. The molecule has 8 heteroatoms. The summed E-state index contributed by atoms with van der Waals surface area (Å²) in [6.45, 7) is -0.602. The van der Waals surface area contributed by atoms with Gasteiger partial charge in [-0.05, 0) is 0 Å². The van der Waals surface area contributed by atoms with Crippen LogP contribution < -0.4 is 10.0 Å². The van der Waals surface area contributed by atoms with Crippen molar-refractivity contribution >= 4 is 15.9 Å². The summed E-state index contributed by atoms with van der Waals surface area (Å²) in [6, 6.07) is -1.14. The van der Waals surface area contributed by atoms with Crippen LogP contribution in [-0.2, 0) is 14.8 Å². The van der Waals surface area contributed by atoms with Gasteiger partial charge in [0.05, 0.1) is 18.8 Å². The first-order chi connectivity index (χ1) is 6.20. The molecule has 1 unspecified atom stereocenters. The van der Waals surface area contributed by atoms with Crippen LogP contribution in [0.1, 0.15) is 6.42 Å². The molecule has 0 aromatic carbocycles. The largest absolute Gasteiger partial charge is 0.300 e. The molecule has 1 atom stereocenters. The van der Waals surface area contributed by atoms with E-state index in [2.05, 4.69) is 5.32 Å². The lowest BCUT2D eigenvalue weighted by molar-refractivity contribution is -0.121. The molecule has 1 fully saturated rings. The molecule has 0 bridgehead atoms. The lowest BCUT2D eigenvalue weighted by atomic mass is 10.2. The smallest absolute Gasteiger partial charge is 0.262 e. The monoisotopic (exact) mass is 228 g/mol. The highest BCUT2D eigenvalue weighted by Crippen LogP contribution is 2.24. The maximum Gasteiger partial charge on any atom is 0.262 e. The normalized spacial score (nSPS) is 26.1. The van der Waals surface area contributed by atoms with E-state index in [0.717, 1.165) is 6.26 Å². The fraction of sp³-hybridized carbons (Fsp3) is 0.833. The van der Waals surface area contributed by atoms with Gasteiger partial charge in [-0.15, -0.1) is 0 Å². The van der Waals surface area contributed by atoms with Crippen molar-refractivity contribution in [1.29, 1.82) is 0 Å². The van der Waals surface area contributed by atoms with Crippen molar-refractivity contribution in [2.75, 3.05) is 12.8 Å². The molecule has 2 N–H and O–H groups in total. The van der Waals surface area contributed by atoms with E-state index in [1.807, 2.05) is 0 Å². The average Bonchev–Trinajstić information content (AvgIpc) is 2.26. The van der Waals surface area contributed by atoms with E-state index >= 15 is 0 Å². The molecule has 0 saturated carbocycles. The number of rotatable bonds is 2. The third-order valence-electron chi connectivity index (χ3n) is 1.71. The first-order valence-corrected chi connectivity index (χ1v) is 5.72. The summed E-state index contributed by atoms with van der Waals surface area (Å²) in [5, 5.41) is 2.24. The number of hydrogen-bond donors (Lipinski definition) is 2. The highest BCUT2D eigenvalue weighted by atomic mass is 32.2. The summed E-state index contributed by atoms with van der Waals surface area (Å²) in [6.07, 6.45) is 0.117. The van der Waals surface area contributed by atoms with Crippen LogP contribution in [0, 0.1) is 0 Å². The molecule has 82 valence electrons. The molecule has 14 heavy (non-hydrogen) atoms. The Labute approximate surface area is 79.9 Å². The molecular weight excluding hydrogens is 218 g/mol. The van der Waals surface area contributed by atoms with Crippen molar-refractivity contribution in [2.24, 2.45) is 0 Å². The van der Waals surface area contributed by atoms with Gasteiger partial charge in [-0.1, -0.05) is 0 Å². The maximum atomic E-state index is 12.6. The predicted molar refractivity (Wildman–Crippen MR) is 44.3 cm³/mol. The maximum absolute atomic E-state index is 12.6. The van der Waals surface area contributed by atoms with Crippen LogP contribution in [0.25, 0.3) is 0 Å². The van der Waals surface area contributed by atoms with E-state index in [1.165, 1.54) is 0 Å². The minimum Gasteiger partial charge on any atom is -0.300 e. The zero-order valence-electron chi connectivity index (χ0n) is 7.38. The van der Waals surface area contributed by atoms with Gasteiger partial charge in [0.15, 0.2) is 0 Å². The van der Waals surface area contributed by atoms with Crippen molar-refractivity contribution in [3.8, 4) is 0 Å². The number of carbonyl (C=O) groups excluding carboxylic acids is 1. The number of alkyl halides is 2. The summed E-state index contributed by atoms with van der Waals surface area (Å²) in [4.78, 5) is 11.1. The van der Waals surface area contributed by atoms with Crippen LogP contribution in [0.2, 0.25) is 0 Å². The first-order valence-electron chi connectivity index (χ1n) is 3.82. The van der Waals surface area contributed by atoms with E-state index in [-0.39, 0.29) is 0 Å². The molecule has 0 aliphatic carbocycles. The molecule has 1 aliphatic rings. The van der Waals surface area contributed by atoms with Crippen LogP contribution in [0.3, 0.4) is 0 Å². The Kier molecular flexibility index (Phi) is 2.77. The second kappa shape index (κ2) is 3.43. The van der Waals surface area contributed by atoms with Crippen molar-refractivity contribution in [2.45, 2.75) is 18.4 Å². The van der Waals surface area contributed by atoms with Crippen LogP contribution >= 0.6 is 0 Å². The van der Waals surface area contributed by atoms with E-state index in [0.29, 0.717) is 0 Å². The standard InChI is InChI=1S/C6H10F2N2O3S/c1-14(12,13)10-5(11)4-2-6(7,8)3-9-4/h4,9H,2-3H2,1H3,(H,10,11). The average molecular weight is 228 g/mol. The molecule has 1 saturated heterocycles. The lowest BCUT2D eigenvalue weighted by Gasteiger charge is -2.09. The number of carbonyl (C=O) groups is 1. The Hall–Kier alpha value is -0.760. The minimum absolute atomic E-state index is 0.602. The van der Waals surface area contributed by atoms with Gasteiger partial charge in [0, 0.05) is 6.42 Å². The van der Waals surface area contributed by atoms with E-state index in [4.69, 9.17) is 0 Å². The fourth-order valence-corrected chi connectivity index (χ4v) is 1.66. The van der Waals surface area contributed by atoms with Gasteiger partial charge in [-0.3, -0.25) is 14.8 Å². The van der Waals surface area contributed by atoms with Crippen LogP contribution in [-0.4, -0.2) is 39.1 Å². The number of nitrogens with one attached hydrogen (secondary N) is 2. The topological polar surface area (TPSA) is 75.3 Å². The second-order valence-electron chi connectivity index (χ2n) is 3.23. The molecule has 0 radical (unpaired) electrons. The quantitative estimate of drug-likeness (QED) is 0.639. The van der Waals surface area contributed by atoms with Crippen LogP contribution in [0.4, 0.5) is 8.78 Å². The molecular formula is C6H10F2N2O3S. The molecule has 1 aliphatic heterocycles. The molecule has 1 amide bonds. The Balaban J connectivity index is 2.57. The molecule has 0 spiro atoms. The lowest BCUT2D eigenvalue weighted by Crippen LogP contribution is -2.42. The summed E-state index contributed by atoms with van der Waals surface area (Å²) < 4.78 is 48.1. The highest BCUT2D eigenvalue weighted by molar-refractivity contribution is 7.89. The number of amides is 1. The van der Waals surface area contributed by atoms with Gasteiger partial charge in [-0.2, -0.15) is 0 Å². The Morgan fingerprint density at radius 2 is 2.14 bits per heavy atom. The van der Waals surface area contributed by atoms with E-state index < -0.39 is 40.9 Å². The van der Waals surface area contributed by atoms with E-state index in [1.54, 1.807) is 4.72 Å².